The van der Waals surface area contributed by atoms with E-state index in [0.29, 0.717) is 0 Å². The molecule has 0 unspecified atom stereocenters. The normalized spacial score (nSPS) is 11.9. The molecule has 108 valence electrons. The molecule has 20 heavy (non-hydrogen) atoms. The molecular weight excluding hydrogens is 244 g/mol. The Kier molecular flexibility index (Phi) is 4.03. The lowest BCUT2D eigenvalue weighted by Gasteiger charge is -2.21. The first-order chi connectivity index (χ1) is 9.32. The summed E-state index contributed by atoms with van der Waals surface area (Å²) in [6.07, 6.45) is 1.12. The van der Waals surface area contributed by atoms with Gasteiger partial charge in [0.05, 0.1) is 5.52 Å². The molecule has 0 atom stereocenters. The van der Waals surface area contributed by atoms with Crippen LogP contribution < -0.4 is 5.32 Å². The summed E-state index contributed by atoms with van der Waals surface area (Å²) in [5, 5.41) is 4.80. The second-order valence-electron chi connectivity index (χ2n) is 6.71. The summed E-state index contributed by atoms with van der Waals surface area (Å²) in [6.45, 7) is 14.1. The first kappa shape index (κ1) is 14.8. The van der Waals surface area contributed by atoms with Crippen LogP contribution in [0.2, 0.25) is 0 Å². The first-order valence-electron chi connectivity index (χ1n) is 7.49. The number of aromatic nitrogens is 1. The van der Waals surface area contributed by atoms with Crippen LogP contribution in [0.5, 0.6) is 0 Å². The predicted octanol–water partition coefficient (Wildman–Crippen LogP) is 4.97. The minimum absolute atomic E-state index is 0.0637. The van der Waals surface area contributed by atoms with E-state index in [2.05, 4.69) is 65.1 Å². The molecule has 2 heteroatoms. The van der Waals surface area contributed by atoms with Gasteiger partial charge in [-0.25, -0.2) is 0 Å². The van der Waals surface area contributed by atoms with Crippen LogP contribution in [0.1, 0.15) is 50.9 Å². The number of benzene rings is 1. The zero-order valence-corrected chi connectivity index (χ0v) is 13.6. The molecule has 2 nitrogen and oxygen atoms in total. The number of nitrogens with one attached hydrogen (secondary N) is 1. The molecule has 0 bridgehead atoms. The van der Waals surface area contributed by atoms with Crippen molar-refractivity contribution in [3.05, 3.63) is 35.0 Å². The number of hydrogen-bond donors (Lipinski definition) is 1. The van der Waals surface area contributed by atoms with Crippen molar-refractivity contribution in [3.8, 4) is 0 Å². The van der Waals surface area contributed by atoms with Gasteiger partial charge in [0.25, 0.3) is 0 Å². The predicted molar refractivity (Wildman–Crippen MR) is 88.7 cm³/mol. The largest absolute Gasteiger partial charge is 0.384 e. The monoisotopic (exact) mass is 270 g/mol. The molecule has 1 aromatic heterocycles. The van der Waals surface area contributed by atoms with Crippen molar-refractivity contribution in [2.75, 3.05) is 11.9 Å². The van der Waals surface area contributed by atoms with Crippen molar-refractivity contribution in [3.63, 3.8) is 0 Å². The van der Waals surface area contributed by atoms with Gasteiger partial charge in [-0.3, -0.25) is 4.98 Å². The Balaban J connectivity index is 2.71. The summed E-state index contributed by atoms with van der Waals surface area (Å²) in [4.78, 5) is 4.92. The van der Waals surface area contributed by atoms with Crippen LogP contribution in [-0.2, 0) is 5.41 Å². The average molecular weight is 270 g/mol. The fourth-order valence-corrected chi connectivity index (χ4v) is 2.47. The Bertz CT molecular complexity index is 621. The van der Waals surface area contributed by atoms with E-state index in [1.54, 1.807) is 0 Å². The molecule has 0 amide bonds. The Morgan fingerprint density at radius 1 is 1.10 bits per heavy atom. The van der Waals surface area contributed by atoms with E-state index in [1.807, 2.05) is 0 Å². The molecule has 0 saturated heterocycles. The Morgan fingerprint density at radius 2 is 1.80 bits per heavy atom. The van der Waals surface area contributed by atoms with Crippen molar-refractivity contribution in [2.24, 2.45) is 0 Å². The van der Waals surface area contributed by atoms with E-state index in [0.717, 1.165) is 24.2 Å². The van der Waals surface area contributed by atoms with E-state index < -0.39 is 0 Å². The third-order valence-electron chi connectivity index (χ3n) is 3.58. The summed E-state index contributed by atoms with van der Waals surface area (Å²) in [5.74, 6) is 0. The van der Waals surface area contributed by atoms with Gasteiger partial charge >= 0.3 is 0 Å². The number of pyridine rings is 1. The minimum Gasteiger partial charge on any atom is -0.384 e. The van der Waals surface area contributed by atoms with Gasteiger partial charge in [-0.1, -0.05) is 39.3 Å². The van der Waals surface area contributed by atoms with Gasteiger partial charge in [0.15, 0.2) is 0 Å². The number of hydrogen-bond acceptors (Lipinski definition) is 2. The summed E-state index contributed by atoms with van der Waals surface area (Å²) < 4.78 is 0. The van der Waals surface area contributed by atoms with Crippen molar-refractivity contribution >= 4 is 16.6 Å². The zero-order valence-electron chi connectivity index (χ0n) is 13.6. The SMILES string of the molecule is CCCNc1cc(C(C)(C)C)nc2c(C)cc(C)cc12. The van der Waals surface area contributed by atoms with Gasteiger partial charge in [0.2, 0.25) is 0 Å². The molecule has 0 aliphatic heterocycles. The Labute approximate surface area is 122 Å². The standard InChI is InChI=1S/C18H26N2/c1-7-8-19-15-11-16(18(4,5)6)20-17-13(3)9-12(2)10-14(15)17/h9-11H,7-8H2,1-6H3,(H,19,20). The van der Waals surface area contributed by atoms with Crippen LogP contribution in [0.4, 0.5) is 5.69 Å². The van der Waals surface area contributed by atoms with Gasteiger partial charge in [0, 0.05) is 28.7 Å². The molecule has 2 aromatic rings. The molecule has 0 aliphatic carbocycles. The Morgan fingerprint density at radius 3 is 2.40 bits per heavy atom. The fraction of sp³-hybridized carbons (Fsp3) is 0.500. The van der Waals surface area contributed by atoms with Crippen molar-refractivity contribution in [2.45, 2.75) is 53.4 Å². The quantitative estimate of drug-likeness (QED) is 0.851. The number of aryl methyl sites for hydroxylation is 2. The van der Waals surface area contributed by atoms with Gasteiger partial charge < -0.3 is 5.32 Å². The third-order valence-corrected chi connectivity index (χ3v) is 3.58. The highest BCUT2D eigenvalue weighted by Gasteiger charge is 2.18. The van der Waals surface area contributed by atoms with Crippen LogP contribution in [0.15, 0.2) is 18.2 Å². The maximum Gasteiger partial charge on any atom is 0.0755 e. The molecule has 1 heterocycles. The number of nitrogens with zero attached hydrogens (tertiary/aromatic N) is 1. The zero-order chi connectivity index (χ0) is 14.9. The highest BCUT2D eigenvalue weighted by atomic mass is 14.9. The fourth-order valence-electron chi connectivity index (χ4n) is 2.47. The van der Waals surface area contributed by atoms with Crippen LogP contribution >= 0.6 is 0 Å². The van der Waals surface area contributed by atoms with E-state index in [-0.39, 0.29) is 5.41 Å². The first-order valence-corrected chi connectivity index (χ1v) is 7.49. The van der Waals surface area contributed by atoms with Crippen LogP contribution in [0, 0.1) is 13.8 Å². The van der Waals surface area contributed by atoms with Crippen molar-refractivity contribution < 1.29 is 0 Å². The van der Waals surface area contributed by atoms with Crippen molar-refractivity contribution in [1.29, 1.82) is 0 Å². The Hall–Kier alpha value is -1.57. The topological polar surface area (TPSA) is 24.9 Å². The van der Waals surface area contributed by atoms with Gasteiger partial charge in [0.1, 0.15) is 0 Å². The highest BCUT2D eigenvalue weighted by molar-refractivity contribution is 5.94. The van der Waals surface area contributed by atoms with E-state index >= 15 is 0 Å². The molecule has 0 fully saturated rings. The van der Waals surface area contributed by atoms with Crippen LogP contribution in [0.25, 0.3) is 10.9 Å². The number of anilines is 1. The molecule has 0 aliphatic rings. The lowest BCUT2D eigenvalue weighted by atomic mass is 9.90. The van der Waals surface area contributed by atoms with Gasteiger partial charge in [-0.15, -0.1) is 0 Å². The molecule has 1 N–H and O–H groups in total. The smallest absolute Gasteiger partial charge is 0.0755 e. The molecular formula is C18H26N2. The van der Waals surface area contributed by atoms with Crippen LogP contribution in [0.3, 0.4) is 0 Å². The molecule has 1 aromatic carbocycles. The van der Waals surface area contributed by atoms with Crippen LogP contribution in [-0.4, -0.2) is 11.5 Å². The summed E-state index contributed by atoms with van der Waals surface area (Å²) in [6, 6.07) is 6.67. The second-order valence-corrected chi connectivity index (χ2v) is 6.71. The summed E-state index contributed by atoms with van der Waals surface area (Å²) in [7, 11) is 0. The van der Waals surface area contributed by atoms with Crippen molar-refractivity contribution in [1.82, 2.24) is 4.98 Å². The average Bonchev–Trinajstić information content (AvgIpc) is 2.34. The lowest BCUT2D eigenvalue weighted by molar-refractivity contribution is 0.571. The van der Waals surface area contributed by atoms with Gasteiger partial charge in [-0.05, 0) is 38.0 Å². The molecule has 2 rings (SSSR count). The highest BCUT2D eigenvalue weighted by Crippen LogP contribution is 2.31. The van der Waals surface area contributed by atoms with E-state index in [4.69, 9.17) is 4.98 Å². The number of fused-ring (bicyclic) bond motifs is 1. The number of rotatable bonds is 3. The minimum atomic E-state index is 0.0637. The maximum atomic E-state index is 4.92. The lowest BCUT2D eigenvalue weighted by Crippen LogP contribution is -2.15. The summed E-state index contributed by atoms with van der Waals surface area (Å²) >= 11 is 0. The third kappa shape index (κ3) is 2.95. The molecule has 0 saturated carbocycles. The maximum absolute atomic E-state index is 4.92. The van der Waals surface area contributed by atoms with Gasteiger partial charge in [-0.2, -0.15) is 0 Å². The second kappa shape index (κ2) is 5.43. The molecule has 0 spiro atoms. The summed E-state index contributed by atoms with van der Waals surface area (Å²) in [5.41, 5.74) is 6.10. The van der Waals surface area contributed by atoms with E-state index in [9.17, 15) is 0 Å². The van der Waals surface area contributed by atoms with E-state index in [1.165, 1.54) is 22.2 Å². The molecule has 0 radical (unpaired) electrons.